The van der Waals surface area contributed by atoms with Crippen molar-refractivity contribution in [2.75, 3.05) is 13.3 Å². The zero-order valence-electron chi connectivity index (χ0n) is 11.6. The molecule has 0 saturated carbocycles. The second-order valence-electron chi connectivity index (χ2n) is 4.81. The zero-order chi connectivity index (χ0) is 15.5. The van der Waals surface area contributed by atoms with Crippen molar-refractivity contribution in [3.8, 4) is 11.5 Å². The van der Waals surface area contributed by atoms with E-state index in [1.54, 1.807) is 18.2 Å². The first-order valence-corrected chi connectivity index (χ1v) is 6.75. The summed E-state index contributed by atoms with van der Waals surface area (Å²) >= 11 is 0. The van der Waals surface area contributed by atoms with Crippen LogP contribution in [-0.2, 0) is 6.42 Å². The van der Waals surface area contributed by atoms with E-state index >= 15 is 0 Å². The molecule has 22 heavy (non-hydrogen) atoms. The highest BCUT2D eigenvalue weighted by Gasteiger charge is 2.16. The van der Waals surface area contributed by atoms with Crippen LogP contribution in [0.5, 0.6) is 11.5 Å². The predicted octanol–water partition coefficient (Wildman–Crippen LogP) is 2.67. The number of carbonyl (C=O) groups excluding carboxylic acids is 1. The number of rotatable bonds is 4. The molecule has 0 fully saturated rings. The third-order valence-corrected chi connectivity index (χ3v) is 3.33. The molecule has 0 radical (unpaired) electrons. The number of hydrogen-bond acceptors (Lipinski definition) is 3. The van der Waals surface area contributed by atoms with Crippen LogP contribution in [0, 0.1) is 11.6 Å². The van der Waals surface area contributed by atoms with Crippen LogP contribution in [-0.4, -0.2) is 19.2 Å². The molecule has 1 amide bonds. The molecule has 1 aliphatic heterocycles. The third-order valence-electron chi connectivity index (χ3n) is 3.33. The number of ether oxygens (including phenoxy) is 2. The maximum absolute atomic E-state index is 13.5. The molecule has 3 rings (SSSR count). The van der Waals surface area contributed by atoms with Gasteiger partial charge in [-0.2, -0.15) is 0 Å². The van der Waals surface area contributed by atoms with Crippen LogP contribution in [0.2, 0.25) is 0 Å². The first-order chi connectivity index (χ1) is 10.6. The van der Waals surface area contributed by atoms with E-state index in [0.717, 1.165) is 6.07 Å². The first-order valence-electron chi connectivity index (χ1n) is 6.75. The summed E-state index contributed by atoms with van der Waals surface area (Å²) in [5.41, 5.74) is 0.788. The molecule has 0 atom stereocenters. The Morgan fingerprint density at radius 3 is 2.73 bits per heavy atom. The maximum atomic E-state index is 13.5. The SMILES string of the molecule is O=C(NCCc1ccc(F)cc1F)c1ccc2c(c1)OCO2. The summed E-state index contributed by atoms with van der Waals surface area (Å²) in [6.45, 7) is 0.389. The average molecular weight is 305 g/mol. The van der Waals surface area contributed by atoms with Gasteiger partial charge < -0.3 is 14.8 Å². The van der Waals surface area contributed by atoms with Gasteiger partial charge in [0.1, 0.15) is 11.6 Å². The number of benzene rings is 2. The third kappa shape index (κ3) is 3.00. The van der Waals surface area contributed by atoms with Gasteiger partial charge in [-0.3, -0.25) is 4.79 Å². The molecule has 2 aromatic rings. The second kappa shape index (κ2) is 6.01. The van der Waals surface area contributed by atoms with Crippen LogP contribution < -0.4 is 14.8 Å². The molecule has 6 heteroatoms. The highest BCUT2D eigenvalue weighted by molar-refractivity contribution is 5.94. The molecule has 1 N–H and O–H groups in total. The number of fused-ring (bicyclic) bond motifs is 1. The minimum absolute atomic E-state index is 0.143. The first kappa shape index (κ1) is 14.3. The van der Waals surface area contributed by atoms with Crippen molar-refractivity contribution in [3.05, 3.63) is 59.2 Å². The van der Waals surface area contributed by atoms with Crippen LogP contribution in [0.15, 0.2) is 36.4 Å². The van der Waals surface area contributed by atoms with Gasteiger partial charge in [0.15, 0.2) is 11.5 Å². The molecule has 1 heterocycles. The Bertz CT molecular complexity index is 719. The minimum atomic E-state index is -0.620. The van der Waals surface area contributed by atoms with Crippen molar-refractivity contribution in [3.63, 3.8) is 0 Å². The fourth-order valence-corrected chi connectivity index (χ4v) is 2.17. The highest BCUT2D eigenvalue weighted by Crippen LogP contribution is 2.32. The molecule has 0 aromatic heterocycles. The van der Waals surface area contributed by atoms with E-state index in [9.17, 15) is 13.6 Å². The molecule has 0 aliphatic carbocycles. The zero-order valence-corrected chi connectivity index (χ0v) is 11.6. The van der Waals surface area contributed by atoms with Crippen molar-refractivity contribution in [2.45, 2.75) is 6.42 Å². The number of amides is 1. The molecule has 114 valence electrons. The topological polar surface area (TPSA) is 47.6 Å². The lowest BCUT2D eigenvalue weighted by molar-refractivity contribution is 0.0953. The number of carbonyl (C=O) groups is 1. The van der Waals surface area contributed by atoms with Crippen molar-refractivity contribution in [2.24, 2.45) is 0 Å². The molecule has 2 aromatic carbocycles. The quantitative estimate of drug-likeness (QED) is 0.944. The fourth-order valence-electron chi connectivity index (χ4n) is 2.17. The largest absolute Gasteiger partial charge is 0.454 e. The van der Waals surface area contributed by atoms with Gasteiger partial charge in [0, 0.05) is 18.2 Å². The highest BCUT2D eigenvalue weighted by atomic mass is 19.1. The van der Waals surface area contributed by atoms with E-state index < -0.39 is 11.6 Å². The predicted molar refractivity (Wildman–Crippen MR) is 75.0 cm³/mol. The molecule has 0 saturated heterocycles. The van der Waals surface area contributed by atoms with Gasteiger partial charge in [-0.15, -0.1) is 0 Å². The van der Waals surface area contributed by atoms with Crippen molar-refractivity contribution in [1.82, 2.24) is 5.32 Å². The molecule has 1 aliphatic rings. The Hall–Kier alpha value is -2.63. The van der Waals surface area contributed by atoms with Gasteiger partial charge in [0.05, 0.1) is 0 Å². The molecule has 0 unspecified atom stereocenters. The van der Waals surface area contributed by atoms with Crippen LogP contribution >= 0.6 is 0 Å². The van der Waals surface area contributed by atoms with E-state index in [1.165, 1.54) is 12.1 Å². The summed E-state index contributed by atoms with van der Waals surface area (Å²) in [5, 5.41) is 2.68. The van der Waals surface area contributed by atoms with E-state index in [2.05, 4.69) is 5.32 Å². The minimum Gasteiger partial charge on any atom is -0.454 e. The van der Waals surface area contributed by atoms with Gasteiger partial charge in [-0.1, -0.05) is 6.07 Å². The summed E-state index contributed by atoms with van der Waals surface area (Å²) in [7, 11) is 0. The monoisotopic (exact) mass is 305 g/mol. The summed E-state index contributed by atoms with van der Waals surface area (Å²) in [6, 6.07) is 8.28. The van der Waals surface area contributed by atoms with Gasteiger partial charge in [0.25, 0.3) is 5.91 Å². The maximum Gasteiger partial charge on any atom is 0.251 e. The van der Waals surface area contributed by atoms with E-state index in [-0.39, 0.29) is 25.7 Å². The van der Waals surface area contributed by atoms with E-state index in [0.29, 0.717) is 22.6 Å². The molecular formula is C16H13F2NO3. The molecule has 4 nitrogen and oxygen atoms in total. The smallest absolute Gasteiger partial charge is 0.251 e. The summed E-state index contributed by atoms with van der Waals surface area (Å²) in [4.78, 5) is 12.0. The normalized spacial score (nSPS) is 12.3. The van der Waals surface area contributed by atoms with Crippen LogP contribution in [0.3, 0.4) is 0 Å². The van der Waals surface area contributed by atoms with Crippen LogP contribution in [0.4, 0.5) is 8.78 Å². The summed E-state index contributed by atoms with van der Waals surface area (Å²) < 4.78 is 36.6. The Balaban J connectivity index is 1.58. The summed E-state index contributed by atoms with van der Waals surface area (Å²) in [5.74, 6) is -0.397. The molecule has 0 spiro atoms. The van der Waals surface area contributed by atoms with E-state index in [4.69, 9.17) is 9.47 Å². The number of hydrogen-bond donors (Lipinski definition) is 1. The molecular weight excluding hydrogens is 292 g/mol. The van der Waals surface area contributed by atoms with Gasteiger partial charge in [0.2, 0.25) is 6.79 Å². The fraction of sp³-hybridized carbons (Fsp3) is 0.188. The van der Waals surface area contributed by atoms with E-state index in [1.807, 2.05) is 0 Å². The van der Waals surface area contributed by atoms with Crippen LogP contribution in [0.1, 0.15) is 15.9 Å². The second-order valence-corrected chi connectivity index (χ2v) is 4.81. The Kier molecular flexibility index (Phi) is 3.91. The van der Waals surface area contributed by atoms with Gasteiger partial charge in [-0.05, 0) is 36.2 Å². The van der Waals surface area contributed by atoms with Crippen molar-refractivity contribution >= 4 is 5.91 Å². The Labute approximate surface area is 125 Å². The lowest BCUT2D eigenvalue weighted by atomic mass is 10.1. The Morgan fingerprint density at radius 2 is 1.91 bits per heavy atom. The standard InChI is InChI=1S/C16H13F2NO3/c17-12-3-1-10(13(18)8-12)5-6-19-16(20)11-2-4-14-15(7-11)22-9-21-14/h1-4,7-8H,5-6,9H2,(H,19,20). The lowest BCUT2D eigenvalue weighted by Crippen LogP contribution is -2.25. The van der Waals surface area contributed by atoms with Crippen molar-refractivity contribution in [1.29, 1.82) is 0 Å². The number of halogens is 2. The lowest BCUT2D eigenvalue weighted by Gasteiger charge is -2.07. The van der Waals surface area contributed by atoms with Gasteiger partial charge in [-0.25, -0.2) is 8.78 Å². The van der Waals surface area contributed by atoms with Crippen molar-refractivity contribution < 1.29 is 23.0 Å². The van der Waals surface area contributed by atoms with Gasteiger partial charge >= 0.3 is 0 Å². The molecule has 0 bridgehead atoms. The Morgan fingerprint density at radius 1 is 1.09 bits per heavy atom. The number of nitrogens with one attached hydrogen (secondary N) is 1. The van der Waals surface area contributed by atoms with Crippen LogP contribution in [0.25, 0.3) is 0 Å². The average Bonchev–Trinajstić information content (AvgIpc) is 2.96. The summed E-state index contributed by atoms with van der Waals surface area (Å²) in [6.07, 6.45) is 0.280.